The Morgan fingerprint density at radius 1 is 1.59 bits per heavy atom. The Kier molecular flexibility index (Phi) is 3.33. The van der Waals surface area contributed by atoms with E-state index in [1.165, 1.54) is 4.90 Å². The fraction of sp³-hybridized carbons (Fsp3) is 0.636. The van der Waals surface area contributed by atoms with E-state index in [4.69, 9.17) is 10.8 Å². The van der Waals surface area contributed by atoms with Gasteiger partial charge in [-0.2, -0.15) is 5.10 Å². The molecule has 94 valence electrons. The molecule has 1 saturated heterocycles. The number of hydrogen-bond acceptors (Lipinski definition) is 3. The normalized spacial score (nSPS) is 19.3. The van der Waals surface area contributed by atoms with Gasteiger partial charge in [0.15, 0.2) is 0 Å². The van der Waals surface area contributed by atoms with Crippen LogP contribution in [0.2, 0.25) is 0 Å². The van der Waals surface area contributed by atoms with Crippen LogP contribution in [0, 0.1) is 0 Å². The Hall–Kier alpha value is -1.56. The van der Waals surface area contributed by atoms with Crippen LogP contribution >= 0.6 is 0 Å². The average molecular weight is 238 g/mol. The van der Waals surface area contributed by atoms with Crippen molar-refractivity contribution in [2.45, 2.75) is 31.8 Å². The predicted octanol–water partition coefficient (Wildman–Crippen LogP) is 1.22. The standard InChI is InChI=1S/C11H18N4O2/c1-8(12)9-6-13-15(7-9)10-2-4-14(5-3-10)11(16)17/h6-8,10H,2-5,12H2,1H3,(H,16,17). The lowest BCUT2D eigenvalue weighted by molar-refractivity contribution is 0.124. The number of aromatic nitrogens is 2. The van der Waals surface area contributed by atoms with Gasteiger partial charge in [-0.1, -0.05) is 0 Å². The molecule has 1 fully saturated rings. The third-order valence-electron chi connectivity index (χ3n) is 3.26. The van der Waals surface area contributed by atoms with Crippen molar-refractivity contribution in [1.82, 2.24) is 14.7 Å². The molecule has 3 N–H and O–H groups in total. The molecule has 6 heteroatoms. The molecule has 1 aromatic rings. The summed E-state index contributed by atoms with van der Waals surface area (Å²) in [5, 5.41) is 13.2. The molecule has 1 aliphatic rings. The van der Waals surface area contributed by atoms with Crippen LogP contribution in [0.15, 0.2) is 12.4 Å². The molecule has 17 heavy (non-hydrogen) atoms. The number of carbonyl (C=O) groups is 1. The van der Waals surface area contributed by atoms with Crippen molar-refractivity contribution in [3.8, 4) is 0 Å². The summed E-state index contributed by atoms with van der Waals surface area (Å²) in [7, 11) is 0. The van der Waals surface area contributed by atoms with Crippen LogP contribution in [-0.4, -0.2) is 39.0 Å². The topological polar surface area (TPSA) is 84.4 Å². The average Bonchev–Trinajstić information content (AvgIpc) is 2.78. The minimum atomic E-state index is -0.833. The van der Waals surface area contributed by atoms with Crippen molar-refractivity contribution >= 4 is 6.09 Å². The van der Waals surface area contributed by atoms with E-state index < -0.39 is 6.09 Å². The highest BCUT2D eigenvalue weighted by atomic mass is 16.4. The zero-order valence-corrected chi connectivity index (χ0v) is 9.91. The fourth-order valence-electron chi connectivity index (χ4n) is 2.11. The zero-order valence-electron chi connectivity index (χ0n) is 9.91. The van der Waals surface area contributed by atoms with Gasteiger partial charge in [0.25, 0.3) is 0 Å². The molecule has 1 unspecified atom stereocenters. The molecule has 1 aliphatic heterocycles. The van der Waals surface area contributed by atoms with E-state index in [1.54, 1.807) is 6.20 Å². The fourth-order valence-corrected chi connectivity index (χ4v) is 2.11. The summed E-state index contributed by atoms with van der Waals surface area (Å²) in [4.78, 5) is 12.2. The van der Waals surface area contributed by atoms with Gasteiger partial charge >= 0.3 is 6.09 Å². The number of nitrogens with two attached hydrogens (primary N) is 1. The Bertz CT molecular complexity index is 394. The maximum absolute atomic E-state index is 10.8. The first kappa shape index (κ1) is 11.9. The van der Waals surface area contributed by atoms with Gasteiger partial charge in [-0.3, -0.25) is 4.68 Å². The van der Waals surface area contributed by atoms with Crippen LogP contribution in [0.4, 0.5) is 4.79 Å². The Labute approximate surface area is 100 Å². The van der Waals surface area contributed by atoms with Gasteiger partial charge in [0, 0.05) is 30.9 Å². The summed E-state index contributed by atoms with van der Waals surface area (Å²) >= 11 is 0. The van der Waals surface area contributed by atoms with Crippen LogP contribution in [-0.2, 0) is 0 Å². The number of likely N-dealkylation sites (tertiary alicyclic amines) is 1. The monoisotopic (exact) mass is 238 g/mol. The van der Waals surface area contributed by atoms with Crippen molar-refractivity contribution in [1.29, 1.82) is 0 Å². The van der Waals surface area contributed by atoms with Gasteiger partial charge in [-0.05, 0) is 19.8 Å². The van der Waals surface area contributed by atoms with Crippen molar-refractivity contribution < 1.29 is 9.90 Å². The van der Waals surface area contributed by atoms with E-state index in [9.17, 15) is 4.79 Å². The van der Waals surface area contributed by atoms with Gasteiger partial charge in [0.05, 0.1) is 12.2 Å². The second kappa shape index (κ2) is 4.75. The Morgan fingerprint density at radius 2 is 2.24 bits per heavy atom. The molecule has 0 spiro atoms. The maximum Gasteiger partial charge on any atom is 0.407 e. The van der Waals surface area contributed by atoms with Crippen molar-refractivity contribution in [3.05, 3.63) is 18.0 Å². The van der Waals surface area contributed by atoms with Crippen LogP contribution in [0.25, 0.3) is 0 Å². The first-order valence-corrected chi connectivity index (χ1v) is 5.85. The molecule has 0 bridgehead atoms. The van der Waals surface area contributed by atoms with Crippen LogP contribution in [0.3, 0.4) is 0 Å². The molecule has 2 rings (SSSR count). The van der Waals surface area contributed by atoms with E-state index in [0.29, 0.717) is 13.1 Å². The summed E-state index contributed by atoms with van der Waals surface area (Å²) in [5.74, 6) is 0. The summed E-state index contributed by atoms with van der Waals surface area (Å²) in [6, 6.07) is 0.279. The first-order chi connectivity index (χ1) is 8.08. The van der Waals surface area contributed by atoms with Crippen LogP contribution < -0.4 is 5.73 Å². The molecular weight excluding hydrogens is 220 g/mol. The summed E-state index contributed by atoms with van der Waals surface area (Å²) in [6.45, 7) is 3.08. The van der Waals surface area contributed by atoms with Crippen molar-refractivity contribution in [3.63, 3.8) is 0 Å². The first-order valence-electron chi connectivity index (χ1n) is 5.85. The molecule has 1 aromatic heterocycles. The van der Waals surface area contributed by atoms with Gasteiger partial charge in [0.2, 0.25) is 0 Å². The third-order valence-corrected chi connectivity index (χ3v) is 3.26. The molecule has 0 saturated carbocycles. The lowest BCUT2D eigenvalue weighted by Gasteiger charge is -2.30. The third kappa shape index (κ3) is 2.58. The Morgan fingerprint density at radius 3 is 2.71 bits per heavy atom. The Balaban J connectivity index is 1.98. The molecule has 0 aliphatic carbocycles. The summed E-state index contributed by atoms with van der Waals surface area (Å²) in [6.07, 6.45) is 4.54. The molecule has 1 atom stereocenters. The van der Waals surface area contributed by atoms with Crippen molar-refractivity contribution in [2.75, 3.05) is 13.1 Å². The van der Waals surface area contributed by atoms with Crippen molar-refractivity contribution in [2.24, 2.45) is 5.73 Å². The minimum Gasteiger partial charge on any atom is -0.465 e. The van der Waals surface area contributed by atoms with Gasteiger partial charge in [-0.25, -0.2) is 4.79 Å². The van der Waals surface area contributed by atoms with Gasteiger partial charge in [-0.15, -0.1) is 0 Å². The smallest absolute Gasteiger partial charge is 0.407 e. The quantitative estimate of drug-likeness (QED) is 0.811. The molecule has 0 radical (unpaired) electrons. The second-order valence-electron chi connectivity index (χ2n) is 4.54. The number of carboxylic acid groups (broad SMARTS) is 1. The number of rotatable bonds is 2. The van der Waals surface area contributed by atoms with E-state index in [2.05, 4.69) is 5.10 Å². The van der Waals surface area contributed by atoms with E-state index in [0.717, 1.165) is 18.4 Å². The highest BCUT2D eigenvalue weighted by Crippen LogP contribution is 2.22. The zero-order chi connectivity index (χ0) is 12.4. The van der Waals surface area contributed by atoms with Gasteiger partial charge < -0.3 is 15.7 Å². The van der Waals surface area contributed by atoms with Crippen LogP contribution in [0.1, 0.15) is 37.4 Å². The highest BCUT2D eigenvalue weighted by molar-refractivity contribution is 5.64. The lowest BCUT2D eigenvalue weighted by Crippen LogP contribution is -2.38. The number of nitrogens with zero attached hydrogens (tertiary/aromatic N) is 3. The molecule has 2 heterocycles. The predicted molar refractivity (Wildman–Crippen MR) is 62.7 cm³/mol. The minimum absolute atomic E-state index is 0.0112. The molecular formula is C11H18N4O2. The molecule has 1 amide bonds. The number of hydrogen-bond donors (Lipinski definition) is 2. The van der Waals surface area contributed by atoms with E-state index >= 15 is 0 Å². The number of piperidine rings is 1. The summed E-state index contributed by atoms with van der Waals surface area (Å²) < 4.78 is 1.91. The maximum atomic E-state index is 10.8. The molecule has 0 aromatic carbocycles. The van der Waals surface area contributed by atoms with Crippen LogP contribution in [0.5, 0.6) is 0 Å². The summed E-state index contributed by atoms with van der Waals surface area (Å²) in [5.41, 5.74) is 6.80. The number of amides is 1. The second-order valence-corrected chi connectivity index (χ2v) is 4.54. The van der Waals surface area contributed by atoms with E-state index in [-0.39, 0.29) is 12.1 Å². The van der Waals surface area contributed by atoms with Gasteiger partial charge in [0.1, 0.15) is 0 Å². The SMILES string of the molecule is CC(N)c1cnn(C2CCN(C(=O)O)CC2)c1. The molecule has 6 nitrogen and oxygen atoms in total. The largest absolute Gasteiger partial charge is 0.465 e. The lowest BCUT2D eigenvalue weighted by atomic mass is 10.1. The van der Waals surface area contributed by atoms with E-state index in [1.807, 2.05) is 17.8 Å². The highest BCUT2D eigenvalue weighted by Gasteiger charge is 2.23.